The molecular formula is C15H16BrNO2S. The Morgan fingerprint density at radius 1 is 0.900 bits per heavy atom. The maximum Gasteiger partial charge on any atom is 0.261 e. The minimum Gasteiger partial charge on any atom is -0.279 e. The topological polar surface area (TPSA) is 46.2 Å². The van der Waals surface area contributed by atoms with E-state index in [4.69, 9.17) is 0 Å². The van der Waals surface area contributed by atoms with Gasteiger partial charge in [0.05, 0.1) is 10.6 Å². The van der Waals surface area contributed by atoms with Crippen LogP contribution in [0.1, 0.15) is 16.7 Å². The molecule has 0 saturated carbocycles. The first-order valence-electron chi connectivity index (χ1n) is 6.16. The highest BCUT2D eigenvalue weighted by atomic mass is 79.9. The second kappa shape index (κ2) is 5.58. The molecule has 0 atom stereocenters. The van der Waals surface area contributed by atoms with Crippen LogP contribution in [0.15, 0.2) is 45.8 Å². The molecule has 2 aromatic carbocycles. The lowest BCUT2D eigenvalue weighted by Crippen LogP contribution is -2.14. The van der Waals surface area contributed by atoms with E-state index in [1.807, 2.05) is 39.0 Å². The van der Waals surface area contributed by atoms with Crippen molar-refractivity contribution in [1.29, 1.82) is 0 Å². The van der Waals surface area contributed by atoms with Gasteiger partial charge in [0.25, 0.3) is 10.0 Å². The van der Waals surface area contributed by atoms with Crippen molar-refractivity contribution in [3.05, 3.63) is 57.6 Å². The molecule has 0 saturated heterocycles. The van der Waals surface area contributed by atoms with Crippen LogP contribution in [0.4, 0.5) is 5.69 Å². The predicted octanol–water partition coefficient (Wildman–Crippen LogP) is 4.18. The van der Waals surface area contributed by atoms with Gasteiger partial charge >= 0.3 is 0 Å². The molecule has 1 N–H and O–H groups in total. The number of rotatable bonds is 3. The summed E-state index contributed by atoms with van der Waals surface area (Å²) in [5, 5.41) is 0. The number of hydrogen-bond donors (Lipinski definition) is 1. The fraction of sp³-hybridized carbons (Fsp3) is 0.200. The minimum absolute atomic E-state index is 0.278. The standard InChI is InChI=1S/C15H16BrNO2S/c1-10-5-7-14(8-12(10)3)20(18,19)17-15-9-13(16)6-4-11(15)2/h4-9,17H,1-3H3. The molecule has 5 heteroatoms. The summed E-state index contributed by atoms with van der Waals surface area (Å²) in [7, 11) is -3.56. The van der Waals surface area contributed by atoms with E-state index in [1.54, 1.807) is 18.2 Å². The summed E-state index contributed by atoms with van der Waals surface area (Å²) in [5.41, 5.74) is 3.49. The number of benzene rings is 2. The Morgan fingerprint density at radius 3 is 2.20 bits per heavy atom. The summed E-state index contributed by atoms with van der Waals surface area (Å²) in [6, 6.07) is 10.6. The molecule has 2 rings (SSSR count). The lowest BCUT2D eigenvalue weighted by molar-refractivity contribution is 0.601. The Labute approximate surface area is 128 Å². The Morgan fingerprint density at radius 2 is 1.55 bits per heavy atom. The van der Waals surface area contributed by atoms with Crippen molar-refractivity contribution >= 4 is 31.6 Å². The summed E-state index contributed by atoms with van der Waals surface area (Å²) in [5.74, 6) is 0. The van der Waals surface area contributed by atoms with Crippen LogP contribution in [0, 0.1) is 20.8 Å². The summed E-state index contributed by atoms with van der Waals surface area (Å²) >= 11 is 3.35. The van der Waals surface area contributed by atoms with Crippen molar-refractivity contribution in [3.63, 3.8) is 0 Å². The van der Waals surface area contributed by atoms with Crippen molar-refractivity contribution in [1.82, 2.24) is 0 Å². The normalized spacial score (nSPS) is 11.4. The minimum atomic E-state index is -3.56. The van der Waals surface area contributed by atoms with Crippen LogP contribution in [0.3, 0.4) is 0 Å². The highest BCUT2D eigenvalue weighted by Gasteiger charge is 2.16. The summed E-state index contributed by atoms with van der Waals surface area (Å²) in [6.45, 7) is 5.72. The average Bonchev–Trinajstić information content (AvgIpc) is 2.36. The van der Waals surface area contributed by atoms with Gasteiger partial charge in [0.2, 0.25) is 0 Å². The lowest BCUT2D eigenvalue weighted by atomic mass is 10.1. The van der Waals surface area contributed by atoms with Crippen molar-refractivity contribution in [2.45, 2.75) is 25.7 Å². The number of sulfonamides is 1. The van der Waals surface area contributed by atoms with Crippen LogP contribution >= 0.6 is 15.9 Å². The fourth-order valence-corrected chi connectivity index (χ4v) is 3.36. The first-order valence-corrected chi connectivity index (χ1v) is 8.43. The van der Waals surface area contributed by atoms with E-state index in [9.17, 15) is 8.42 Å². The van der Waals surface area contributed by atoms with E-state index in [1.165, 1.54) is 0 Å². The van der Waals surface area contributed by atoms with E-state index < -0.39 is 10.0 Å². The van der Waals surface area contributed by atoms with Crippen LogP contribution in [0.2, 0.25) is 0 Å². The van der Waals surface area contributed by atoms with E-state index in [0.717, 1.165) is 21.2 Å². The first-order chi connectivity index (χ1) is 9.29. The zero-order valence-electron chi connectivity index (χ0n) is 11.6. The molecule has 20 heavy (non-hydrogen) atoms. The van der Waals surface area contributed by atoms with Crippen LogP contribution in [0.25, 0.3) is 0 Å². The molecular weight excluding hydrogens is 338 g/mol. The SMILES string of the molecule is Cc1ccc(S(=O)(=O)Nc2cc(Br)ccc2C)cc1C. The van der Waals surface area contributed by atoms with Crippen LogP contribution in [0.5, 0.6) is 0 Å². The highest BCUT2D eigenvalue weighted by molar-refractivity contribution is 9.10. The molecule has 0 radical (unpaired) electrons. The number of aryl methyl sites for hydroxylation is 3. The second-order valence-electron chi connectivity index (χ2n) is 4.81. The Kier molecular flexibility index (Phi) is 4.20. The molecule has 0 aliphatic heterocycles. The zero-order chi connectivity index (χ0) is 14.9. The van der Waals surface area contributed by atoms with E-state index in [0.29, 0.717) is 5.69 Å². The van der Waals surface area contributed by atoms with Gasteiger partial charge in [-0.25, -0.2) is 8.42 Å². The van der Waals surface area contributed by atoms with Gasteiger partial charge < -0.3 is 0 Å². The summed E-state index contributed by atoms with van der Waals surface area (Å²) < 4.78 is 28.3. The Bertz CT molecular complexity index is 754. The first kappa shape index (κ1) is 15.1. The largest absolute Gasteiger partial charge is 0.279 e. The van der Waals surface area contributed by atoms with Crippen LogP contribution in [-0.4, -0.2) is 8.42 Å². The molecule has 0 aliphatic carbocycles. The third-order valence-corrected chi connectivity index (χ3v) is 5.09. The van der Waals surface area contributed by atoms with Crippen molar-refractivity contribution in [2.24, 2.45) is 0 Å². The average molecular weight is 354 g/mol. The van der Waals surface area contributed by atoms with E-state index >= 15 is 0 Å². The fourth-order valence-electron chi connectivity index (χ4n) is 1.79. The molecule has 0 fully saturated rings. The smallest absolute Gasteiger partial charge is 0.261 e. The molecule has 0 aliphatic rings. The molecule has 106 valence electrons. The second-order valence-corrected chi connectivity index (χ2v) is 7.41. The Balaban J connectivity index is 2.40. The van der Waals surface area contributed by atoms with Gasteiger partial charge in [-0.15, -0.1) is 0 Å². The van der Waals surface area contributed by atoms with Gasteiger partial charge in [0, 0.05) is 4.47 Å². The van der Waals surface area contributed by atoms with Gasteiger partial charge in [0.15, 0.2) is 0 Å². The summed E-state index contributed by atoms with van der Waals surface area (Å²) in [6.07, 6.45) is 0. The third kappa shape index (κ3) is 3.22. The van der Waals surface area contributed by atoms with Crippen molar-refractivity contribution in [2.75, 3.05) is 4.72 Å². The molecule has 0 aromatic heterocycles. The molecule has 0 amide bonds. The highest BCUT2D eigenvalue weighted by Crippen LogP contribution is 2.24. The van der Waals surface area contributed by atoms with Gasteiger partial charge in [-0.05, 0) is 61.7 Å². The number of hydrogen-bond acceptors (Lipinski definition) is 2. The molecule has 0 bridgehead atoms. The van der Waals surface area contributed by atoms with Gasteiger partial charge in [-0.2, -0.15) is 0 Å². The lowest BCUT2D eigenvalue weighted by Gasteiger charge is -2.12. The van der Waals surface area contributed by atoms with Gasteiger partial charge in [-0.3, -0.25) is 4.72 Å². The number of anilines is 1. The van der Waals surface area contributed by atoms with Crippen molar-refractivity contribution < 1.29 is 8.42 Å². The summed E-state index contributed by atoms with van der Waals surface area (Å²) in [4.78, 5) is 0.278. The molecule has 3 nitrogen and oxygen atoms in total. The molecule has 2 aromatic rings. The molecule has 0 unspecified atom stereocenters. The monoisotopic (exact) mass is 353 g/mol. The van der Waals surface area contributed by atoms with E-state index in [-0.39, 0.29) is 4.90 Å². The Hall–Kier alpha value is -1.33. The maximum absolute atomic E-state index is 12.4. The third-order valence-electron chi connectivity index (χ3n) is 3.23. The molecule has 0 spiro atoms. The quantitative estimate of drug-likeness (QED) is 0.899. The van der Waals surface area contributed by atoms with Crippen LogP contribution < -0.4 is 4.72 Å². The molecule has 0 heterocycles. The predicted molar refractivity (Wildman–Crippen MR) is 85.6 cm³/mol. The zero-order valence-corrected chi connectivity index (χ0v) is 14.0. The number of nitrogens with one attached hydrogen (secondary N) is 1. The van der Waals surface area contributed by atoms with Gasteiger partial charge in [0.1, 0.15) is 0 Å². The number of halogens is 1. The van der Waals surface area contributed by atoms with Gasteiger partial charge in [-0.1, -0.05) is 28.1 Å². The van der Waals surface area contributed by atoms with Crippen LogP contribution in [-0.2, 0) is 10.0 Å². The maximum atomic E-state index is 12.4. The van der Waals surface area contributed by atoms with Crippen molar-refractivity contribution in [3.8, 4) is 0 Å². The van der Waals surface area contributed by atoms with E-state index in [2.05, 4.69) is 20.7 Å².